The van der Waals surface area contributed by atoms with Gasteiger partial charge in [0.2, 0.25) is 5.91 Å². The monoisotopic (exact) mass is 345 g/mol. The number of nitrogens with zero attached hydrogens (tertiary/aromatic N) is 4. The van der Waals surface area contributed by atoms with Crippen LogP contribution < -0.4 is 23.5 Å². The standard InChI is InChI=1S/C14H26N6O2.ClH/c1-11(21)13(14(22)19-8-6-16-7-9-19)20-10-12(17-18-20)4-2-3-5-15;/h10-11,13,16,21H,2-9,15H2,1H3;1H/p-1. The maximum absolute atomic E-state index is 12.6. The first kappa shape index (κ1) is 19.8. The lowest BCUT2D eigenvalue weighted by Gasteiger charge is -2.31. The zero-order valence-corrected chi connectivity index (χ0v) is 14.2. The number of amides is 1. The fourth-order valence-electron chi connectivity index (χ4n) is 2.63. The molecule has 1 saturated heterocycles. The van der Waals surface area contributed by atoms with Crippen LogP contribution in [0.4, 0.5) is 0 Å². The lowest BCUT2D eigenvalue weighted by molar-refractivity contribution is -0.138. The van der Waals surface area contributed by atoms with Crippen molar-refractivity contribution in [1.82, 2.24) is 25.2 Å². The lowest BCUT2D eigenvalue weighted by Crippen LogP contribution is -3.00. The highest BCUT2D eigenvalue weighted by atomic mass is 35.5. The van der Waals surface area contributed by atoms with Gasteiger partial charge in [-0.25, -0.2) is 4.68 Å². The minimum atomic E-state index is -0.819. The zero-order chi connectivity index (χ0) is 15.9. The highest BCUT2D eigenvalue weighted by molar-refractivity contribution is 5.81. The van der Waals surface area contributed by atoms with Gasteiger partial charge in [0.1, 0.15) is 0 Å². The number of aliphatic hydroxyl groups is 1. The summed E-state index contributed by atoms with van der Waals surface area (Å²) >= 11 is 0. The van der Waals surface area contributed by atoms with Gasteiger partial charge in [0.25, 0.3) is 0 Å². The summed E-state index contributed by atoms with van der Waals surface area (Å²) in [5.74, 6) is -0.102. The quantitative estimate of drug-likeness (QED) is 0.434. The number of piperazine rings is 1. The SMILES string of the molecule is CC(O)C(C(=O)N1CCNCC1)n1cc(CCCCN)nn1.[Cl-]. The molecule has 1 aliphatic heterocycles. The molecule has 1 amide bonds. The highest BCUT2D eigenvalue weighted by Gasteiger charge is 2.31. The topological polar surface area (TPSA) is 109 Å². The molecule has 1 aromatic heterocycles. The second kappa shape index (κ2) is 9.82. The Kier molecular flexibility index (Phi) is 8.46. The molecule has 0 saturated carbocycles. The Morgan fingerprint density at radius 1 is 1.43 bits per heavy atom. The molecule has 2 unspecified atom stereocenters. The van der Waals surface area contributed by atoms with Crippen molar-refractivity contribution >= 4 is 5.91 Å². The number of aryl methyl sites for hydroxylation is 1. The molecule has 1 aliphatic rings. The van der Waals surface area contributed by atoms with Crippen molar-refractivity contribution in [2.45, 2.75) is 38.3 Å². The van der Waals surface area contributed by atoms with Crippen molar-refractivity contribution < 1.29 is 22.3 Å². The molecule has 0 bridgehead atoms. The van der Waals surface area contributed by atoms with Crippen LogP contribution in [0.1, 0.15) is 31.5 Å². The van der Waals surface area contributed by atoms with E-state index in [-0.39, 0.29) is 18.3 Å². The van der Waals surface area contributed by atoms with Gasteiger partial charge in [-0.05, 0) is 32.7 Å². The van der Waals surface area contributed by atoms with Crippen molar-refractivity contribution in [2.75, 3.05) is 32.7 Å². The van der Waals surface area contributed by atoms with Crippen LogP contribution in [-0.2, 0) is 11.2 Å². The van der Waals surface area contributed by atoms with Gasteiger partial charge in [-0.3, -0.25) is 4.79 Å². The molecule has 4 N–H and O–H groups in total. The number of nitrogens with one attached hydrogen (secondary N) is 1. The number of rotatable bonds is 7. The van der Waals surface area contributed by atoms with Crippen LogP contribution in [0, 0.1) is 0 Å². The van der Waals surface area contributed by atoms with E-state index in [9.17, 15) is 9.90 Å². The number of nitrogens with two attached hydrogens (primary N) is 1. The summed E-state index contributed by atoms with van der Waals surface area (Å²) in [4.78, 5) is 14.4. The number of carbonyl (C=O) groups is 1. The van der Waals surface area contributed by atoms with Gasteiger partial charge in [-0.2, -0.15) is 0 Å². The Morgan fingerprint density at radius 2 is 2.13 bits per heavy atom. The zero-order valence-electron chi connectivity index (χ0n) is 13.5. The largest absolute Gasteiger partial charge is 1.00 e. The van der Waals surface area contributed by atoms with Gasteiger partial charge in [0.05, 0.1) is 11.8 Å². The highest BCUT2D eigenvalue weighted by Crippen LogP contribution is 2.16. The van der Waals surface area contributed by atoms with Crippen LogP contribution in [0.3, 0.4) is 0 Å². The van der Waals surface area contributed by atoms with Gasteiger partial charge >= 0.3 is 0 Å². The summed E-state index contributed by atoms with van der Waals surface area (Å²) < 4.78 is 1.49. The number of aliphatic hydroxyl groups excluding tert-OH is 1. The second-order valence-corrected chi connectivity index (χ2v) is 5.70. The number of carbonyl (C=O) groups excluding carboxylic acids is 1. The summed E-state index contributed by atoms with van der Waals surface area (Å²) in [6.45, 7) is 5.13. The molecule has 0 radical (unpaired) electrons. The van der Waals surface area contributed by atoms with Gasteiger partial charge in [-0.15, -0.1) is 5.10 Å². The molecule has 8 nitrogen and oxygen atoms in total. The third-order valence-corrected chi connectivity index (χ3v) is 3.87. The molecule has 9 heteroatoms. The van der Waals surface area contributed by atoms with Crippen LogP contribution in [-0.4, -0.2) is 69.7 Å². The third kappa shape index (κ3) is 5.42. The molecule has 0 aliphatic carbocycles. The number of halogens is 1. The average molecular weight is 346 g/mol. The van der Waals surface area contributed by atoms with E-state index in [0.717, 1.165) is 38.0 Å². The predicted molar refractivity (Wildman–Crippen MR) is 82.2 cm³/mol. The first-order chi connectivity index (χ1) is 10.6. The molecule has 2 atom stereocenters. The van der Waals surface area contributed by atoms with Crippen molar-refractivity contribution in [1.29, 1.82) is 0 Å². The van der Waals surface area contributed by atoms with Crippen LogP contribution >= 0.6 is 0 Å². The normalized spacial score (nSPS) is 17.4. The molecule has 2 heterocycles. The maximum atomic E-state index is 12.6. The molecule has 0 aromatic carbocycles. The van der Waals surface area contributed by atoms with Crippen molar-refractivity contribution in [3.05, 3.63) is 11.9 Å². The molecule has 2 rings (SSSR count). The maximum Gasteiger partial charge on any atom is 0.250 e. The van der Waals surface area contributed by atoms with Crippen molar-refractivity contribution in [2.24, 2.45) is 5.73 Å². The Bertz CT molecular complexity index is 476. The average Bonchev–Trinajstić information content (AvgIpc) is 2.96. The van der Waals surface area contributed by atoms with Crippen LogP contribution in [0.5, 0.6) is 0 Å². The van der Waals surface area contributed by atoms with E-state index >= 15 is 0 Å². The lowest BCUT2D eigenvalue weighted by atomic mass is 10.1. The van der Waals surface area contributed by atoms with Gasteiger partial charge < -0.3 is 33.5 Å². The third-order valence-electron chi connectivity index (χ3n) is 3.87. The fourth-order valence-corrected chi connectivity index (χ4v) is 2.63. The summed E-state index contributed by atoms with van der Waals surface area (Å²) in [5, 5.41) is 21.4. The smallest absolute Gasteiger partial charge is 0.250 e. The van der Waals surface area contributed by atoms with E-state index in [1.54, 1.807) is 18.0 Å². The Morgan fingerprint density at radius 3 is 2.74 bits per heavy atom. The molecule has 132 valence electrons. The van der Waals surface area contributed by atoms with E-state index in [0.29, 0.717) is 19.6 Å². The summed E-state index contributed by atoms with van der Waals surface area (Å²) in [6.07, 6.45) is 3.60. The van der Waals surface area contributed by atoms with Gasteiger partial charge in [0, 0.05) is 32.4 Å². The molecule has 23 heavy (non-hydrogen) atoms. The van der Waals surface area contributed by atoms with Crippen molar-refractivity contribution in [3.8, 4) is 0 Å². The van der Waals surface area contributed by atoms with E-state index in [2.05, 4.69) is 15.6 Å². The number of hydrogen-bond acceptors (Lipinski definition) is 6. The van der Waals surface area contributed by atoms with E-state index in [1.807, 2.05) is 0 Å². The second-order valence-electron chi connectivity index (χ2n) is 5.70. The number of unbranched alkanes of at least 4 members (excludes halogenated alkanes) is 1. The van der Waals surface area contributed by atoms with Crippen molar-refractivity contribution in [3.63, 3.8) is 0 Å². The summed E-state index contributed by atoms with van der Waals surface area (Å²) in [5.41, 5.74) is 6.30. The van der Waals surface area contributed by atoms with Crippen LogP contribution in [0.15, 0.2) is 6.20 Å². The molecular weight excluding hydrogens is 320 g/mol. The minimum absolute atomic E-state index is 0. The fraction of sp³-hybridized carbons (Fsp3) is 0.786. The van der Waals surface area contributed by atoms with E-state index in [4.69, 9.17) is 5.73 Å². The molecular formula is C14H26ClN6O2-. The summed E-state index contributed by atoms with van der Waals surface area (Å²) in [6, 6.07) is -0.714. The summed E-state index contributed by atoms with van der Waals surface area (Å²) in [7, 11) is 0. The van der Waals surface area contributed by atoms with Crippen LogP contribution in [0.2, 0.25) is 0 Å². The number of aromatic nitrogens is 3. The molecule has 1 aromatic rings. The first-order valence-corrected chi connectivity index (χ1v) is 7.92. The first-order valence-electron chi connectivity index (χ1n) is 7.92. The Labute approximate surface area is 142 Å². The molecule has 1 fully saturated rings. The Balaban J connectivity index is 0.00000264. The van der Waals surface area contributed by atoms with Gasteiger partial charge in [0.15, 0.2) is 6.04 Å². The predicted octanol–water partition coefficient (Wildman–Crippen LogP) is -4.08. The molecule has 0 spiro atoms. The van der Waals surface area contributed by atoms with Crippen LogP contribution in [0.25, 0.3) is 0 Å². The minimum Gasteiger partial charge on any atom is -1.00 e. The van der Waals surface area contributed by atoms with E-state index < -0.39 is 12.1 Å². The van der Waals surface area contributed by atoms with Gasteiger partial charge in [-0.1, -0.05) is 5.21 Å². The van der Waals surface area contributed by atoms with E-state index in [1.165, 1.54) is 4.68 Å². The Hall–Kier alpha value is -1.22. The number of hydrogen-bond donors (Lipinski definition) is 3.